The van der Waals surface area contributed by atoms with Crippen LogP contribution in [0.3, 0.4) is 0 Å². The third kappa shape index (κ3) is 3.19. The molecule has 2 aromatic carbocycles. The molecule has 1 N–H and O–H groups in total. The Kier molecular flexibility index (Phi) is 4.23. The molecule has 0 saturated heterocycles. The highest BCUT2D eigenvalue weighted by molar-refractivity contribution is 7.92. The number of methoxy groups -OCH3 is 1. The third-order valence-electron chi connectivity index (χ3n) is 3.53. The molecular weight excluding hydrogens is 286 g/mol. The molecule has 4 nitrogen and oxygen atoms in total. The summed E-state index contributed by atoms with van der Waals surface area (Å²) >= 11 is 0. The zero-order valence-electron chi connectivity index (χ0n) is 12.6. The van der Waals surface area contributed by atoms with E-state index in [9.17, 15) is 8.42 Å². The first kappa shape index (κ1) is 15.4. The standard InChI is InChI=1S/C16H19NO3S/c1-11-5-7-14(8-6-11)21(18,19)17-15-9-10-16(20-4)13(3)12(15)2/h5-10,17H,1-4H3. The van der Waals surface area contributed by atoms with Crippen molar-refractivity contribution in [3.05, 3.63) is 53.1 Å². The molecule has 2 aromatic rings. The van der Waals surface area contributed by atoms with Crippen molar-refractivity contribution in [2.45, 2.75) is 25.7 Å². The average Bonchev–Trinajstić information content (AvgIpc) is 2.44. The molecular formula is C16H19NO3S. The van der Waals surface area contributed by atoms with Crippen molar-refractivity contribution >= 4 is 15.7 Å². The number of nitrogens with one attached hydrogen (secondary N) is 1. The van der Waals surface area contributed by atoms with Gasteiger partial charge in [-0.15, -0.1) is 0 Å². The molecule has 0 radical (unpaired) electrons. The normalized spacial score (nSPS) is 11.2. The van der Waals surface area contributed by atoms with Crippen LogP contribution in [0.1, 0.15) is 16.7 Å². The fourth-order valence-electron chi connectivity index (χ4n) is 2.05. The molecule has 0 spiro atoms. The van der Waals surface area contributed by atoms with Crippen molar-refractivity contribution in [2.24, 2.45) is 0 Å². The summed E-state index contributed by atoms with van der Waals surface area (Å²) in [5.41, 5.74) is 3.35. The maximum Gasteiger partial charge on any atom is 0.261 e. The number of hydrogen-bond acceptors (Lipinski definition) is 3. The third-order valence-corrected chi connectivity index (χ3v) is 4.91. The monoisotopic (exact) mass is 305 g/mol. The lowest BCUT2D eigenvalue weighted by atomic mass is 10.1. The van der Waals surface area contributed by atoms with Gasteiger partial charge in [0.2, 0.25) is 0 Å². The zero-order chi connectivity index (χ0) is 15.6. The maximum atomic E-state index is 12.4. The molecule has 0 bridgehead atoms. The SMILES string of the molecule is COc1ccc(NS(=O)(=O)c2ccc(C)cc2)c(C)c1C. The van der Waals surface area contributed by atoms with Gasteiger partial charge >= 0.3 is 0 Å². The molecule has 0 aliphatic carbocycles. The largest absolute Gasteiger partial charge is 0.496 e. The van der Waals surface area contributed by atoms with Crippen LogP contribution in [0.5, 0.6) is 5.75 Å². The number of sulfonamides is 1. The van der Waals surface area contributed by atoms with Gasteiger partial charge in [-0.1, -0.05) is 17.7 Å². The van der Waals surface area contributed by atoms with Gasteiger partial charge < -0.3 is 4.74 Å². The highest BCUT2D eigenvalue weighted by Gasteiger charge is 2.16. The van der Waals surface area contributed by atoms with Crippen LogP contribution in [0.4, 0.5) is 5.69 Å². The van der Waals surface area contributed by atoms with Crippen LogP contribution in [0.25, 0.3) is 0 Å². The molecule has 2 rings (SSSR count). The summed E-state index contributed by atoms with van der Waals surface area (Å²) in [4.78, 5) is 0.251. The Bertz CT molecular complexity index is 750. The number of anilines is 1. The first-order valence-corrected chi connectivity index (χ1v) is 8.07. The van der Waals surface area contributed by atoms with Crippen LogP contribution in [0.2, 0.25) is 0 Å². The van der Waals surface area contributed by atoms with Crippen LogP contribution in [0, 0.1) is 20.8 Å². The van der Waals surface area contributed by atoms with Gasteiger partial charge in [-0.05, 0) is 56.2 Å². The first-order valence-electron chi connectivity index (χ1n) is 6.59. The van der Waals surface area contributed by atoms with E-state index in [-0.39, 0.29) is 4.90 Å². The van der Waals surface area contributed by atoms with Gasteiger partial charge in [-0.3, -0.25) is 4.72 Å². The lowest BCUT2D eigenvalue weighted by Gasteiger charge is -2.14. The molecule has 0 unspecified atom stereocenters. The molecule has 0 aliphatic rings. The van der Waals surface area contributed by atoms with E-state index in [1.54, 1.807) is 43.5 Å². The Morgan fingerprint density at radius 3 is 2.10 bits per heavy atom. The summed E-state index contributed by atoms with van der Waals surface area (Å²) in [5, 5.41) is 0. The molecule has 112 valence electrons. The fourth-order valence-corrected chi connectivity index (χ4v) is 3.17. The van der Waals surface area contributed by atoms with E-state index >= 15 is 0 Å². The summed E-state index contributed by atoms with van der Waals surface area (Å²) in [6.45, 7) is 5.68. The van der Waals surface area contributed by atoms with Gasteiger partial charge in [0.15, 0.2) is 0 Å². The summed E-state index contributed by atoms with van der Waals surface area (Å²) in [7, 11) is -1.98. The molecule has 0 aliphatic heterocycles. The smallest absolute Gasteiger partial charge is 0.261 e. The van der Waals surface area contributed by atoms with E-state index in [4.69, 9.17) is 4.74 Å². The van der Waals surface area contributed by atoms with E-state index in [1.165, 1.54) is 0 Å². The predicted molar refractivity (Wildman–Crippen MR) is 84.5 cm³/mol. The second kappa shape index (κ2) is 5.77. The van der Waals surface area contributed by atoms with E-state index < -0.39 is 10.0 Å². The molecule has 0 heterocycles. The van der Waals surface area contributed by atoms with Gasteiger partial charge in [0, 0.05) is 0 Å². The number of hydrogen-bond donors (Lipinski definition) is 1. The summed E-state index contributed by atoms with van der Waals surface area (Å²) in [5.74, 6) is 0.741. The van der Waals surface area contributed by atoms with Crippen molar-refractivity contribution in [2.75, 3.05) is 11.8 Å². The Morgan fingerprint density at radius 1 is 0.905 bits per heavy atom. The number of rotatable bonds is 4. The lowest BCUT2D eigenvalue weighted by Crippen LogP contribution is -2.14. The fraction of sp³-hybridized carbons (Fsp3) is 0.250. The van der Waals surface area contributed by atoms with Crippen molar-refractivity contribution in [1.29, 1.82) is 0 Å². The zero-order valence-corrected chi connectivity index (χ0v) is 13.4. The highest BCUT2D eigenvalue weighted by Crippen LogP contribution is 2.28. The number of aryl methyl sites for hydroxylation is 1. The Balaban J connectivity index is 2.37. The van der Waals surface area contributed by atoms with Crippen molar-refractivity contribution < 1.29 is 13.2 Å². The van der Waals surface area contributed by atoms with E-state index in [1.807, 2.05) is 20.8 Å². The van der Waals surface area contributed by atoms with Crippen LogP contribution in [-0.2, 0) is 10.0 Å². The minimum Gasteiger partial charge on any atom is -0.496 e. The van der Waals surface area contributed by atoms with Crippen molar-refractivity contribution in [3.63, 3.8) is 0 Å². The first-order chi connectivity index (χ1) is 9.85. The summed E-state index contributed by atoms with van der Waals surface area (Å²) in [6, 6.07) is 10.2. The second-order valence-corrected chi connectivity index (χ2v) is 6.67. The van der Waals surface area contributed by atoms with E-state index in [0.29, 0.717) is 5.69 Å². The Labute approximate surface area is 125 Å². The highest BCUT2D eigenvalue weighted by atomic mass is 32.2. The van der Waals surface area contributed by atoms with Gasteiger partial charge in [-0.2, -0.15) is 0 Å². The molecule has 0 saturated carbocycles. The minimum atomic E-state index is -3.58. The summed E-state index contributed by atoms with van der Waals surface area (Å²) < 4.78 is 32.6. The molecule has 0 amide bonds. The van der Waals surface area contributed by atoms with Crippen molar-refractivity contribution in [3.8, 4) is 5.75 Å². The predicted octanol–water partition coefficient (Wildman–Crippen LogP) is 3.42. The topological polar surface area (TPSA) is 55.4 Å². The molecule has 21 heavy (non-hydrogen) atoms. The molecule has 0 fully saturated rings. The molecule has 5 heteroatoms. The van der Waals surface area contributed by atoms with Gasteiger partial charge in [0.05, 0.1) is 17.7 Å². The van der Waals surface area contributed by atoms with Crippen LogP contribution >= 0.6 is 0 Å². The van der Waals surface area contributed by atoms with Gasteiger partial charge in [-0.25, -0.2) is 8.42 Å². The van der Waals surface area contributed by atoms with E-state index in [2.05, 4.69) is 4.72 Å². The van der Waals surface area contributed by atoms with Crippen LogP contribution in [0.15, 0.2) is 41.3 Å². The van der Waals surface area contributed by atoms with Gasteiger partial charge in [0.25, 0.3) is 10.0 Å². The molecule has 0 atom stereocenters. The quantitative estimate of drug-likeness (QED) is 0.941. The van der Waals surface area contributed by atoms with Crippen molar-refractivity contribution in [1.82, 2.24) is 0 Å². The Morgan fingerprint density at radius 2 is 1.52 bits per heavy atom. The van der Waals surface area contributed by atoms with E-state index in [0.717, 1.165) is 22.4 Å². The lowest BCUT2D eigenvalue weighted by molar-refractivity contribution is 0.411. The maximum absolute atomic E-state index is 12.4. The minimum absolute atomic E-state index is 0.251. The Hall–Kier alpha value is -2.01. The van der Waals surface area contributed by atoms with Gasteiger partial charge in [0.1, 0.15) is 5.75 Å². The molecule has 0 aromatic heterocycles. The average molecular weight is 305 g/mol. The number of benzene rings is 2. The number of ether oxygens (including phenoxy) is 1. The van der Waals surface area contributed by atoms with Crippen LogP contribution in [-0.4, -0.2) is 15.5 Å². The second-order valence-electron chi connectivity index (χ2n) is 4.98. The summed E-state index contributed by atoms with van der Waals surface area (Å²) in [6.07, 6.45) is 0. The van der Waals surface area contributed by atoms with Crippen LogP contribution < -0.4 is 9.46 Å².